The van der Waals surface area contributed by atoms with Crippen LogP contribution in [0.1, 0.15) is 18.9 Å². The maximum Gasteiger partial charge on any atom is 0.224 e. The SMILES string of the molecule is CC(CCO)NC(=O)Cc1c(Cl)cccc1Cl. The Bertz CT molecular complexity index is 376. The lowest BCUT2D eigenvalue weighted by Gasteiger charge is -2.13. The fourth-order valence-corrected chi connectivity index (χ4v) is 1.98. The van der Waals surface area contributed by atoms with Gasteiger partial charge in [-0.3, -0.25) is 4.79 Å². The van der Waals surface area contributed by atoms with E-state index in [2.05, 4.69) is 5.32 Å². The van der Waals surface area contributed by atoms with Crippen molar-refractivity contribution in [1.29, 1.82) is 0 Å². The molecule has 94 valence electrons. The number of aliphatic hydroxyl groups excluding tert-OH is 1. The molecule has 1 aromatic carbocycles. The van der Waals surface area contributed by atoms with Gasteiger partial charge in [-0.1, -0.05) is 29.3 Å². The number of aliphatic hydroxyl groups is 1. The van der Waals surface area contributed by atoms with Crippen molar-refractivity contribution in [2.45, 2.75) is 25.8 Å². The summed E-state index contributed by atoms with van der Waals surface area (Å²) in [6, 6.07) is 5.08. The van der Waals surface area contributed by atoms with Gasteiger partial charge >= 0.3 is 0 Å². The lowest BCUT2D eigenvalue weighted by Crippen LogP contribution is -2.34. The normalized spacial score (nSPS) is 12.2. The second kappa shape index (κ2) is 6.84. The molecule has 1 amide bonds. The van der Waals surface area contributed by atoms with Gasteiger partial charge in [-0.2, -0.15) is 0 Å². The molecule has 1 rings (SSSR count). The number of hydrogen-bond donors (Lipinski definition) is 2. The van der Waals surface area contributed by atoms with Gasteiger partial charge in [0.05, 0.1) is 6.42 Å². The molecule has 0 heterocycles. The van der Waals surface area contributed by atoms with Crippen molar-refractivity contribution in [3.8, 4) is 0 Å². The molecule has 1 aromatic rings. The van der Waals surface area contributed by atoms with Gasteiger partial charge in [0.2, 0.25) is 5.91 Å². The van der Waals surface area contributed by atoms with Crippen LogP contribution in [0.4, 0.5) is 0 Å². The quantitative estimate of drug-likeness (QED) is 0.867. The standard InChI is InChI=1S/C12H15Cl2NO2/c1-8(5-6-16)15-12(17)7-9-10(13)3-2-4-11(9)14/h2-4,8,16H,5-7H2,1H3,(H,15,17). The second-order valence-electron chi connectivity index (χ2n) is 3.86. The number of carbonyl (C=O) groups excluding carboxylic acids is 1. The smallest absolute Gasteiger partial charge is 0.224 e. The molecular weight excluding hydrogens is 261 g/mol. The van der Waals surface area contributed by atoms with Gasteiger partial charge in [-0.15, -0.1) is 0 Å². The fourth-order valence-electron chi connectivity index (χ4n) is 1.45. The first-order chi connectivity index (χ1) is 8.04. The third-order valence-corrected chi connectivity index (χ3v) is 3.08. The lowest BCUT2D eigenvalue weighted by atomic mass is 10.1. The number of amides is 1. The zero-order valence-corrected chi connectivity index (χ0v) is 11.1. The Morgan fingerprint density at radius 3 is 2.53 bits per heavy atom. The van der Waals surface area contributed by atoms with Crippen molar-refractivity contribution < 1.29 is 9.90 Å². The van der Waals surface area contributed by atoms with Crippen molar-refractivity contribution in [1.82, 2.24) is 5.32 Å². The van der Waals surface area contributed by atoms with Crippen molar-refractivity contribution in [2.24, 2.45) is 0 Å². The van der Waals surface area contributed by atoms with E-state index < -0.39 is 0 Å². The molecule has 1 unspecified atom stereocenters. The summed E-state index contributed by atoms with van der Waals surface area (Å²) in [4.78, 5) is 11.7. The fraction of sp³-hybridized carbons (Fsp3) is 0.417. The van der Waals surface area contributed by atoms with E-state index in [0.29, 0.717) is 22.0 Å². The molecular formula is C12H15Cl2NO2. The average molecular weight is 276 g/mol. The summed E-state index contributed by atoms with van der Waals surface area (Å²) < 4.78 is 0. The van der Waals surface area contributed by atoms with Gasteiger partial charge in [0.15, 0.2) is 0 Å². The van der Waals surface area contributed by atoms with Crippen LogP contribution in [-0.4, -0.2) is 23.7 Å². The molecule has 1 atom stereocenters. The summed E-state index contributed by atoms with van der Waals surface area (Å²) in [5.74, 6) is -0.152. The highest BCUT2D eigenvalue weighted by atomic mass is 35.5. The Morgan fingerprint density at radius 2 is 2.00 bits per heavy atom. The first-order valence-electron chi connectivity index (χ1n) is 5.37. The number of hydrogen-bond acceptors (Lipinski definition) is 2. The average Bonchev–Trinajstić information content (AvgIpc) is 2.24. The number of nitrogens with one attached hydrogen (secondary N) is 1. The third kappa shape index (κ3) is 4.54. The molecule has 0 saturated carbocycles. The van der Waals surface area contributed by atoms with E-state index in [4.69, 9.17) is 28.3 Å². The van der Waals surface area contributed by atoms with Crippen LogP contribution in [0, 0.1) is 0 Å². The van der Waals surface area contributed by atoms with Crippen molar-refractivity contribution in [2.75, 3.05) is 6.61 Å². The second-order valence-corrected chi connectivity index (χ2v) is 4.67. The van der Waals surface area contributed by atoms with E-state index in [1.54, 1.807) is 18.2 Å². The van der Waals surface area contributed by atoms with Crippen LogP contribution in [0.2, 0.25) is 10.0 Å². The molecule has 5 heteroatoms. The summed E-state index contributed by atoms with van der Waals surface area (Å²) >= 11 is 11.9. The summed E-state index contributed by atoms with van der Waals surface area (Å²) in [6.45, 7) is 1.89. The Balaban J connectivity index is 2.62. The van der Waals surface area contributed by atoms with Crippen LogP contribution in [0.5, 0.6) is 0 Å². The van der Waals surface area contributed by atoms with Gasteiger partial charge in [-0.05, 0) is 31.0 Å². The molecule has 2 N–H and O–H groups in total. The van der Waals surface area contributed by atoms with Crippen molar-refractivity contribution in [3.05, 3.63) is 33.8 Å². The highest BCUT2D eigenvalue weighted by molar-refractivity contribution is 6.36. The first kappa shape index (κ1) is 14.3. The van der Waals surface area contributed by atoms with E-state index in [0.717, 1.165) is 0 Å². The van der Waals surface area contributed by atoms with Gasteiger partial charge in [0.25, 0.3) is 0 Å². The summed E-state index contributed by atoms with van der Waals surface area (Å²) in [5.41, 5.74) is 0.629. The van der Waals surface area contributed by atoms with E-state index in [1.165, 1.54) is 0 Å². The van der Waals surface area contributed by atoms with Crippen LogP contribution >= 0.6 is 23.2 Å². The minimum absolute atomic E-state index is 0.0499. The van der Waals surface area contributed by atoms with Crippen molar-refractivity contribution in [3.63, 3.8) is 0 Å². The Hall–Kier alpha value is -0.770. The molecule has 0 fully saturated rings. The van der Waals surface area contributed by atoms with E-state index in [9.17, 15) is 4.79 Å². The third-order valence-electron chi connectivity index (χ3n) is 2.37. The molecule has 0 saturated heterocycles. The summed E-state index contributed by atoms with van der Waals surface area (Å²) in [5, 5.41) is 12.5. The van der Waals surface area contributed by atoms with E-state index in [1.807, 2.05) is 6.92 Å². The lowest BCUT2D eigenvalue weighted by molar-refractivity contribution is -0.121. The minimum atomic E-state index is -0.152. The molecule has 0 bridgehead atoms. The van der Waals surface area contributed by atoms with Gasteiger partial charge in [-0.25, -0.2) is 0 Å². The molecule has 0 aliphatic rings. The molecule has 3 nitrogen and oxygen atoms in total. The molecule has 0 radical (unpaired) electrons. The Labute approximate surface area is 111 Å². The molecule has 0 aliphatic heterocycles. The Kier molecular flexibility index (Phi) is 5.75. The van der Waals surface area contributed by atoms with Crippen molar-refractivity contribution >= 4 is 29.1 Å². The zero-order valence-electron chi connectivity index (χ0n) is 9.54. The summed E-state index contributed by atoms with van der Waals surface area (Å²) in [6.07, 6.45) is 0.677. The van der Waals surface area contributed by atoms with E-state index in [-0.39, 0.29) is 25.0 Å². The number of benzene rings is 1. The predicted molar refractivity (Wildman–Crippen MR) is 69.5 cm³/mol. The van der Waals surface area contributed by atoms with Crippen LogP contribution in [-0.2, 0) is 11.2 Å². The molecule has 0 aliphatic carbocycles. The number of carbonyl (C=O) groups is 1. The van der Waals surface area contributed by atoms with Crippen LogP contribution in [0.25, 0.3) is 0 Å². The van der Waals surface area contributed by atoms with Gasteiger partial charge in [0.1, 0.15) is 0 Å². The van der Waals surface area contributed by atoms with Crippen LogP contribution in [0.3, 0.4) is 0 Å². The number of halogens is 2. The zero-order chi connectivity index (χ0) is 12.8. The monoisotopic (exact) mass is 275 g/mol. The molecule has 0 aromatic heterocycles. The number of rotatable bonds is 5. The van der Waals surface area contributed by atoms with Crippen LogP contribution in [0.15, 0.2) is 18.2 Å². The van der Waals surface area contributed by atoms with Gasteiger partial charge in [0, 0.05) is 22.7 Å². The predicted octanol–water partition coefficient (Wildman–Crippen LogP) is 2.42. The minimum Gasteiger partial charge on any atom is -0.396 e. The maximum atomic E-state index is 11.7. The Morgan fingerprint density at radius 1 is 1.41 bits per heavy atom. The maximum absolute atomic E-state index is 11.7. The first-order valence-corrected chi connectivity index (χ1v) is 6.13. The highest BCUT2D eigenvalue weighted by Gasteiger charge is 2.12. The largest absolute Gasteiger partial charge is 0.396 e. The van der Waals surface area contributed by atoms with E-state index >= 15 is 0 Å². The molecule has 17 heavy (non-hydrogen) atoms. The van der Waals surface area contributed by atoms with Crippen LogP contribution < -0.4 is 5.32 Å². The van der Waals surface area contributed by atoms with Gasteiger partial charge < -0.3 is 10.4 Å². The molecule has 0 spiro atoms. The highest BCUT2D eigenvalue weighted by Crippen LogP contribution is 2.24. The summed E-state index contributed by atoms with van der Waals surface area (Å²) in [7, 11) is 0. The topological polar surface area (TPSA) is 49.3 Å².